The molecule has 1 atom stereocenters. The van der Waals surface area contributed by atoms with Gasteiger partial charge in [0.05, 0.1) is 28.7 Å². The van der Waals surface area contributed by atoms with Gasteiger partial charge in [0.1, 0.15) is 11.5 Å². The summed E-state index contributed by atoms with van der Waals surface area (Å²) in [5.74, 6) is -0.349. The lowest BCUT2D eigenvalue weighted by molar-refractivity contribution is -0.385. The number of rotatable bonds is 9. The van der Waals surface area contributed by atoms with E-state index in [-0.39, 0.29) is 41.5 Å². The van der Waals surface area contributed by atoms with Crippen LogP contribution in [0.15, 0.2) is 60.7 Å². The number of aryl methyl sites for hydroxylation is 1. The average molecular weight is 532 g/mol. The van der Waals surface area contributed by atoms with Gasteiger partial charge in [0.25, 0.3) is 17.7 Å². The predicted octanol–water partition coefficient (Wildman–Crippen LogP) is 4.49. The van der Waals surface area contributed by atoms with Gasteiger partial charge in [-0.05, 0) is 73.9 Å². The molecule has 39 heavy (non-hydrogen) atoms. The number of hydrogen-bond donors (Lipinski definition) is 1. The maximum Gasteiger partial charge on any atom is 0.311 e. The number of nitro benzene ring substituents is 1. The lowest BCUT2D eigenvalue weighted by atomic mass is 10.1. The molecule has 200 valence electrons. The molecule has 1 unspecified atom stereocenters. The van der Waals surface area contributed by atoms with Gasteiger partial charge in [-0.3, -0.25) is 29.4 Å². The molecular formula is C28H25N3O8. The summed E-state index contributed by atoms with van der Waals surface area (Å²) in [6.07, 6.45) is 1.61. The number of nitrogens with one attached hydrogen (secondary N) is 1. The molecule has 11 nitrogen and oxygen atoms in total. The van der Waals surface area contributed by atoms with Crippen molar-refractivity contribution in [3.05, 3.63) is 87.5 Å². The van der Waals surface area contributed by atoms with E-state index < -0.39 is 17.4 Å². The monoisotopic (exact) mass is 531 g/mol. The highest BCUT2D eigenvalue weighted by Gasteiger charge is 2.37. The average Bonchev–Trinajstić information content (AvgIpc) is 3.52. The molecule has 0 saturated carbocycles. The highest BCUT2D eigenvalue weighted by atomic mass is 16.6. The number of carbonyl (C=O) groups is 3. The summed E-state index contributed by atoms with van der Waals surface area (Å²) >= 11 is 0. The van der Waals surface area contributed by atoms with E-state index >= 15 is 0 Å². The van der Waals surface area contributed by atoms with Crippen molar-refractivity contribution in [2.45, 2.75) is 25.9 Å². The smallest absolute Gasteiger partial charge is 0.311 e. The number of carbonyl (C=O) groups excluding carboxylic acids is 3. The molecule has 3 aromatic carbocycles. The van der Waals surface area contributed by atoms with E-state index in [9.17, 15) is 24.5 Å². The standard InChI is InChI=1S/C28H25N3O8/c1-17-4-11-25(24(13-17)31(35)36)38-16-26(32)29-18-5-7-19(8-6-18)39-20-9-10-22-23(14-20)28(34)30(27(22)33)15-21-3-2-12-37-21/h4-11,13-14,21H,2-3,12,15-16H2,1H3,(H,29,32). The molecule has 0 aliphatic carbocycles. The van der Waals surface area contributed by atoms with Crippen molar-refractivity contribution in [2.24, 2.45) is 0 Å². The number of nitrogens with zero attached hydrogens (tertiary/aromatic N) is 2. The Hall–Kier alpha value is -4.77. The fraction of sp³-hybridized carbons (Fsp3) is 0.250. The molecular weight excluding hydrogens is 506 g/mol. The Labute approximate surface area is 223 Å². The van der Waals surface area contributed by atoms with Crippen molar-refractivity contribution in [3.8, 4) is 17.2 Å². The van der Waals surface area contributed by atoms with Crippen LogP contribution in [0.2, 0.25) is 0 Å². The number of anilines is 1. The van der Waals surface area contributed by atoms with E-state index in [1.54, 1.807) is 55.5 Å². The molecule has 0 radical (unpaired) electrons. The Morgan fingerprint density at radius 3 is 2.51 bits per heavy atom. The molecule has 1 saturated heterocycles. The van der Waals surface area contributed by atoms with Crippen LogP contribution in [0.25, 0.3) is 0 Å². The number of hydrogen-bond acceptors (Lipinski definition) is 8. The van der Waals surface area contributed by atoms with Gasteiger partial charge < -0.3 is 19.5 Å². The molecule has 11 heteroatoms. The van der Waals surface area contributed by atoms with Gasteiger partial charge in [0.15, 0.2) is 12.4 Å². The summed E-state index contributed by atoms with van der Waals surface area (Å²) in [6, 6.07) is 15.7. The molecule has 2 aliphatic heterocycles. The van der Waals surface area contributed by atoms with E-state index in [1.165, 1.54) is 17.0 Å². The molecule has 5 rings (SSSR count). The van der Waals surface area contributed by atoms with E-state index in [2.05, 4.69) is 5.32 Å². The summed E-state index contributed by atoms with van der Waals surface area (Å²) in [6.45, 7) is 2.19. The number of amides is 3. The third-order valence-electron chi connectivity index (χ3n) is 6.40. The van der Waals surface area contributed by atoms with Crippen molar-refractivity contribution in [1.29, 1.82) is 0 Å². The van der Waals surface area contributed by atoms with Crippen LogP contribution in [0.5, 0.6) is 17.2 Å². The number of ether oxygens (including phenoxy) is 3. The summed E-state index contributed by atoms with van der Waals surface area (Å²) in [7, 11) is 0. The van der Waals surface area contributed by atoms with Crippen LogP contribution in [0.3, 0.4) is 0 Å². The first-order valence-corrected chi connectivity index (χ1v) is 12.4. The third kappa shape index (κ3) is 5.73. The molecule has 1 N–H and O–H groups in total. The van der Waals surface area contributed by atoms with Crippen LogP contribution in [0, 0.1) is 17.0 Å². The van der Waals surface area contributed by atoms with Gasteiger partial charge in [-0.1, -0.05) is 6.07 Å². The van der Waals surface area contributed by atoms with Gasteiger partial charge >= 0.3 is 5.69 Å². The number of fused-ring (bicyclic) bond motifs is 1. The molecule has 1 fully saturated rings. The summed E-state index contributed by atoms with van der Waals surface area (Å²) in [5.41, 5.74) is 1.58. The summed E-state index contributed by atoms with van der Waals surface area (Å²) in [4.78, 5) is 49.8. The van der Waals surface area contributed by atoms with Crippen molar-refractivity contribution in [2.75, 3.05) is 25.1 Å². The van der Waals surface area contributed by atoms with Crippen LogP contribution in [-0.2, 0) is 9.53 Å². The maximum atomic E-state index is 12.9. The molecule has 0 bridgehead atoms. The highest BCUT2D eigenvalue weighted by molar-refractivity contribution is 6.21. The van der Waals surface area contributed by atoms with Crippen molar-refractivity contribution < 1.29 is 33.5 Å². The largest absolute Gasteiger partial charge is 0.477 e. The second-order valence-corrected chi connectivity index (χ2v) is 9.25. The Morgan fingerprint density at radius 2 is 1.79 bits per heavy atom. The first-order chi connectivity index (χ1) is 18.8. The predicted molar refractivity (Wildman–Crippen MR) is 139 cm³/mol. The number of nitro groups is 1. The zero-order valence-electron chi connectivity index (χ0n) is 21.0. The SMILES string of the molecule is Cc1ccc(OCC(=O)Nc2ccc(Oc3ccc4c(c3)C(=O)N(CC3CCCO3)C4=O)cc2)c([N+](=O)[O-])c1. The van der Waals surface area contributed by atoms with Crippen LogP contribution in [-0.4, -0.2) is 53.4 Å². The van der Waals surface area contributed by atoms with E-state index in [1.807, 2.05) is 0 Å². The minimum Gasteiger partial charge on any atom is -0.477 e. The Balaban J connectivity index is 1.17. The molecule has 2 aliphatic rings. The lowest BCUT2D eigenvalue weighted by Gasteiger charge is -2.17. The summed E-state index contributed by atoms with van der Waals surface area (Å²) in [5, 5.41) is 13.9. The Kier molecular flexibility index (Phi) is 7.24. The van der Waals surface area contributed by atoms with Crippen molar-refractivity contribution in [1.82, 2.24) is 4.90 Å². The first kappa shape index (κ1) is 25.9. The van der Waals surface area contributed by atoms with Crippen LogP contribution < -0.4 is 14.8 Å². The van der Waals surface area contributed by atoms with Crippen molar-refractivity contribution in [3.63, 3.8) is 0 Å². The van der Waals surface area contributed by atoms with Crippen LogP contribution in [0.4, 0.5) is 11.4 Å². The molecule has 0 spiro atoms. The van der Waals surface area contributed by atoms with Gasteiger partial charge in [-0.25, -0.2) is 0 Å². The summed E-state index contributed by atoms with van der Waals surface area (Å²) < 4.78 is 16.8. The first-order valence-electron chi connectivity index (χ1n) is 12.4. The minimum atomic E-state index is -0.560. The van der Waals surface area contributed by atoms with Gasteiger partial charge in [0, 0.05) is 18.4 Å². The molecule has 0 aromatic heterocycles. The molecule has 3 amide bonds. The van der Waals surface area contributed by atoms with Gasteiger partial charge in [-0.2, -0.15) is 0 Å². The quantitative estimate of drug-likeness (QED) is 0.242. The second-order valence-electron chi connectivity index (χ2n) is 9.25. The second kappa shape index (κ2) is 10.9. The number of imide groups is 1. The maximum absolute atomic E-state index is 12.9. The highest BCUT2D eigenvalue weighted by Crippen LogP contribution is 2.31. The van der Waals surface area contributed by atoms with Crippen LogP contribution in [0.1, 0.15) is 39.1 Å². The zero-order valence-corrected chi connectivity index (χ0v) is 21.0. The fourth-order valence-electron chi connectivity index (χ4n) is 4.47. The lowest BCUT2D eigenvalue weighted by Crippen LogP contribution is -2.36. The van der Waals surface area contributed by atoms with Gasteiger partial charge in [0.2, 0.25) is 0 Å². The Morgan fingerprint density at radius 1 is 1.05 bits per heavy atom. The Bertz CT molecular complexity index is 1450. The fourth-order valence-corrected chi connectivity index (χ4v) is 4.47. The normalized spacial score (nSPS) is 16.2. The molecule has 3 aromatic rings. The number of benzene rings is 3. The van der Waals surface area contributed by atoms with Crippen molar-refractivity contribution >= 4 is 29.1 Å². The topological polar surface area (TPSA) is 137 Å². The van der Waals surface area contributed by atoms with E-state index in [4.69, 9.17) is 14.2 Å². The van der Waals surface area contributed by atoms with E-state index in [0.29, 0.717) is 34.9 Å². The zero-order chi connectivity index (χ0) is 27.5. The van der Waals surface area contributed by atoms with Crippen LogP contribution >= 0.6 is 0 Å². The molecule has 2 heterocycles. The van der Waals surface area contributed by atoms with E-state index in [0.717, 1.165) is 12.8 Å². The minimum absolute atomic E-state index is 0.00835. The third-order valence-corrected chi connectivity index (χ3v) is 6.40. The van der Waals surface area contributed by atoms with Gasteiger partial charge in [-0.15, -0.1) is 0 Å².